The van der Waals surface area contributed by atoms with Crippen molar-refractivity contribution in [3.05, 3.63) is 29.8 Å². The number of para-hydroxylation sites is 1. The number of aryl methyl sites for hydroxylation is 1. The summed E-state index contributed by atoms with van der Waals surface area (Å²) in [6.07, 6.45) is 2.38. The Morgan fingerprint density at radius 3 is 2.44 bits per heavy atom. The molecule has 4 N–H and O–H groups in total. The van der Waals surface area contributed by atoms with Gasteiger partial charge >= 0.3 is 0 Å². The van der Waals surface area contributed by atoms with Crippen molar-refractivity contribution in [1.29, 1.82) is 0 Å². The van der Waals surface area contributed by atoms with Gasteiger partial charge in [-0.2, -0.15) is 0 Å². The summed E-state index contributed by atoms with van der Waals surface area (Å²) in [5.74, 6) is 0. The van der Waals surface area contributed by atoms with E-state index in [1.54, 1.807) is 0 Å². The number of rotatable bonds is 2. The lowest BCUT2D eigenvalue weighted by Crippen LogP contribution is -2.48. The molecule has 1 fully saturated rings. The van der Waals surface area contributed by atoms with Crippen LogP contribution in [0.1, 0.15) is 18.4 Å². The van der Waals surface area contributed by atoms with Gasteiger partial charge in [0, 0.05) is 11.7 Å². The molecular weight excluding hydrogens is 264 g/mol. The molecule has 0 radical (unpaired) electrons. The largest absolute Gasteiger partial charge is 0.359 e. The summed E-state index contributed by atoms with van der Waals surface area (Å²) in [5, 5.41) is 7.33. The first-order chi connectivity index (χ1) is 8.65. The van der Waals surface area contributed by atoms with Crippen molar-refractivity contribution in [1.82, 2.24) is 16.2 Å². The van der Waals surface area contributed by atoms with Crippen LogP contribution in [0.3, 0.4) is 0 Å². The molecule has 1 aromatic carbocycles. The lowest BCUT2D eigenvalue weighted by molar-refractivity contribution is 0.805. The number of thiocarbonyl (C=S) groups is 2. The lowest BCUT2D eigenvalue weighted by atomic mass is 10.2. The lowest BCUT2D eigenvalue weighted by Gasteiger charge is -2.14. The second-order valence-electron chi connectivity index (χ2n) is 4.27. The SMILES string of the molecule is Cc1ccccc1NC(=S)NNC(=S)NC1CC1. The molecule has 0 spiro atoms. The second kappa shape index (κ2) is 5.97. The Bertz CT molecular complexity index is 457. The van der Waals surface area contributed by atoms with Gasteiger partial charge in [-0.3, -0.25) is 10.9 Å². The monoisotopic (exact) mass is 280 g/mol. The Balaban J connectivity index is 1.74. The summed E-state index contributed by atoms with van der Waals surface area (Å²) in [4.78, 5) is 0. The summed E-state index contributed by atoms with van der Waals surface area (Å²) in [6, 6.07) is 8.49. The minimum absolute atomic E-state index is 0.490. The van der Waals surface area contributed by atoms with E-state index in [0.29, 0.717) is 16.3 Å². The van der Waals surface area contributed by atoms with Crippen LogP contribution in [0.25, 0.3) is 0 Å². The summed E-state index contributed by atoms with van der Waals surface area (Å²) in [5.41, 5.74) is 7.84. The van der Waals surface area contributed by atoms with Gasteiger partial charge in [-0.25, -0.2) is 0 Å². The highest BCUT2D eigenvalue weighted by molar-refractivity contribution is 7.80. The first-order valence-electron chi connectivity index (χ1n) is 5.84. The van der Waals surface area contributed by atoms with Gasteiger partial charge in [-0.1, -0.05) is 18.2 Å². The number of hydrogen-bond donors (Lipinski definition) is 4. The van der Waals surface area contributed by atoms with E-state index in [-0.39, 0.29) is 0 Å². The van der Waals surface area contributed by atoms with Crippen LogP contribution in [0.5, 0.6) is 0 Å². The van der Waals surface area contributed by atoms with Gasteiger partial charge in [0.05, 0.1) is 0 Å². The molecule has 0 amide bonds. The molecule has 4 nitrogen and oxygen atoms in total. The maximum atomic E-state index is 5.17. The zero-order valence-corrected chi connectivity index (χ0v) is 11.8. The van der Waals surface area contributed by atoms with Gasteiger partial charge in [0.15, 0.2) is 10.2 Å². The fourth-order valence-electron chi connectivity index (χ4n) is 1.43. The Kier molecular flexibility index (Phi) is 4.33. The van der Waals surface area contributed by atoms with Crippen LogP contribution < -0.4 is 21.5 Å². The third-order valence-corrected chi connectivity index (χ3v) is 3.02. The summed E-state index contributed by atoms with van der Waals surface area (Å²) >= 11 is 10.3. The van der Waals surface area contributed by atoms with Crippen molar-refractivity contribution in [3.63, 3.8) is 0 Å². The van der Waals surface area contributed by atoms with Crippen molar-refractivity contribution < 1.29 is 0 Å². The molecule has 0 unspecified atom stereocenters. The number of hydrazine groups is 1. The highest BCUT2D eigenvalue weighted by Gasteiger charge is 2.21. The predicted molar refractivity (Wildman–Crippen MR) is 82.4 cm³/mol. The predicted octanol–water partition coefficient (Wildman–Crippen LogP) is 1.82. The maximum absolute atomic E-state index is 5.17. The average Bonchev–Trinajstić information content (AvgIpc) is 3.13. The molecule has 0 aromatic heterocycles. The highest BCUT2D eigenvalue weighted by Crippen LogP contribution is 2.18. The van der Waals surface area contributed by atoms with Crippen molar-refractivity contribution in [3.8, 4) is 0 Å². The third kappa shape index (κ3) is 4.12. The first kappa shape index (κ1) is 13.0. The van der Waals surface area contributed by atoms with E-state index in [1.165, 1.54) is 12.8 Å². The van der Waals surface area contributed by atoms with E-state index in [0.717, 1.165) is 11.3 Å². The van der Waals surface area contributed by atoms with E-state index >= 15 is 0 Å². The summed E-state index contributed by atoms with van der Waals surface area (Å²) in [6.45, 7) is 2.03. The highest BCUT2D eigenvalue weighted by atomic mass is 32.1. The topological polar surface area (TPSA) is 48.1 Å². The average molecular weight is 280 g/mol. The van der Waals surface area contributed by atoms with Gasteiger partial charge in [0.25, 0.3) is 0 Å². The van der Waals surface area contributed by atoms with Crippen molar-refractivity contribution in [2.75, 3.05) is 5.32 Å². The van der Waals surface area contributed by atoms with Gasteiger partial charge in [-0.15, -0.1) is 0 Å². The Morgan fingerprint density at radius 1 is 1.11 bits per heavy atom. The number of benzene rings is 1. The first-order valence-corrected chi connectivity index (χ1v) is 6.66. The third-order valence-electron chi connectivity index (χ3n) is 2.60. The fourth-order valence-corrected chi connectivity index (χ4v) is 1.81. The molecule has 1 saturated carbocycles. The molecule has 96 valence electrons. The number of anilines is 1. The van der Waals surface area contributed by atoms with E-state index in [4.69, 9.17) is 24.4 Å². The minimum Gasteiger partial charge on any atom is -0.359 e. The van der Waals surface area contributed by atoms with Gasteiger partial charge in [0.2, 0.25) is 0 Å². The molecule has 2 rings (SSSR count). The standard InChI is InChI=1S/C12H16N4S2/c1-8-4-2-3-5-10(8)14-12(18)16-15-11(17)13-9-6-7-9/h2-5,9H,6-7H2,1H3,(H2,13,15,17)(H2,14,16,18). The molecule has 0 aliphatic heterocycles. The van der Waals surface area contributed by atoms with E-state index in [9.17, 15) is 0 Å². The van der Waals surface area contributed by atoms with Crippen LogP contribution >= 0.6 is 24.4 Å². The van der Waals surface area contributed by atoms with Crippen LogP contribution in [0.2, 0.25) is 0 Å². The minimum atomic E-state index is 0.490. The second-order valence-corrected chi connectivity index (χ2v) is 5.08. The Hall–Kier alpha value is -1.40. The number of hydrogen-bond acceptors (Lipinski definition) is 2. The smallest absolute Gasteiger partial charge is 0.189 e. The molecule has 18 heavy (non-hydrogen) atoms. The molecule has 0 atom stereocenters. The van der Waals surface area contributed by atoms with Gasteiger partial charge < -0.3 is 10.6 Å². The van der Waals surface area contributed by atoms with Crippen molar-refractivity contribution >= 4 is 40.3 Å². The van der Waals surface area contributed by atoms with E-state index in [2.05, 4.69) is 21.5 Å². The van der Waals surface area contributed by atoms with Crippen molar-refractivity contribution in [2.45, 2.75) is 25.8 Å². The van der Waals surface area contributed by atoms with Crippen LogP contribution in [0, 0.1) is 6.92 Å². The Morgan fingerprint density at radius 2 is 1.78 bits per heavy atom. The van der Waals surface area contributed by atoms with Gasteiger partial charge in [-0.05, 0) is 55.8 Å². The van der Waals surface area contributed by atoms with Crippen LogP contribution in [-0.2, 0) is 0 Å². The van der Waals surface area contributed by atoms with E-state index < -0.39 is 0 Å². The van der Waals surface area contributed by atoms with Gasteiger partial charge in [0.1, 0.15) is 0 Å². The molecule has 1 aromatic rings. The maximum Gasteiger partial charge on any atom is 0.189 e. The van der Waals surface area contributed by atoms with Crippen LogP contribution in [-0.4, -0.2) is 16.3 Å². The fraction of sp³-hybridized carbons (Fsp3) is 0.333. The number of nitrogens with one attached hydrogen (secondary N) is 4. The van der Waals surface area contributed by atoms with Crippen molar-refractivity contribution in [2.24, 2.45) is 0 Å². The molecule has 1 aliphatic rings. The molecule has 0 saturated heterocycles. The molecule has 1 aliphatic carbocycles. The molecule has 0 bridgehead atoms. The molecule has 0 heterocycles. The zero-order valence-electron chi connectivity index (χ0n) is 10.1. The summed E-state index contributed by atoms with van der Waals surface area (Å²) < 4.78 is 0. The Labute approximate surface area is 118 Å². The van der Waals surface area contributed by atoms with Crippen LogP contribution in [0.15, 0.2) is 24.3 Å². The summed E-state index contributed by atoms with van der Waals surface area (Å²) in [7, 11) is 0. The normalized spacial score (nSPS) is 13.6. The van der Waals surface area contributed by atoms with Crippen LogP contribution in [0.4, 0.5) is 5.69 Å². The van der Waals surface area contributed by atoms with E-state index in [1.807, 2.05) is 31.2 Å². The molecular formula is C12H16N4S2. The quantitative estimate of drug-likeness (QED) is 0.490. The zero-order chi connectivity index (χ0) is 13.0. The molecule has 6 heteroatoms.